The molecule has 0 aliphatic rings. The minimum atomic E-state index is -4.28. The van der Waals surface area contributed by atoms with Gasteiger partial charge in [-0.05, 0) is 52.9 Å². The van der Waals surface area contributed by atoms with Crippen LogP contribution in [0.15, 0.2) is 131 Å². The Morgan fingerprint density at radius 1 is 0.880 bits per heavy atom. The molecule has 0 aliphatic heterocycles. The van der Waals surface area contributed by atoms with Crippen molar-refractivity contribution in [1.82, 2.24) is 24.6 Å². The van der Waals surface area contributed by atoms with Crippen LogP contribution in [0.5, 0.6) is 0 Å². The highest BCUT2D eigenvalue weighted by atomic mass is 32.2. The summed E-state index contributed by atoms with van der Waals surface area (Å²) >= 11 is 0. The molecule has 2 heterocycles. The van der Waals surface area contributed by atoms with Gasteiger partial charge in [-0.25, -0.2) is 13.4 Å². The number of carboxylic acids is 1. The van der Waals surface area contributed by atoms with Crippen LogP contribution in [-0.4, -0.2) is 52.5 Å². The number of fused-ring (bicyclic) bond motifs is 1. The Kier molecular flexibility index (Phi) is 10.2. The third kappa shape index (κ3) is 7.97. The minimum absolute atomic E-state index is 0.135. The maximum atomic E-state index is 13.6. The Bertz CT molecular complexity index is 2280. The highest BCUT2D eigenvalue weighted by Crippen LogP contribution is 2.21. The van der Waals surface area contributed by atoms with Crippen molar-refractivity contribution < 1.29 is 23.1 Å². The average molecular weight is 691 g/mol. The van der Waals surface area contributed by atoms with E-state index < -0.39 is 39.9 Å². The molecule has 0 spiro atoms. The van der Waals surface area contributed by atoms with Crippen LogP contribution in [0.25, 0.3) is 22.0 Å². The monoisotopic (exact) mass is 690 g/mol. The number of sulfonamides is 1. The van der Waals surface area contributed by atoms with Crippen molar-refractivity contribution in [2.24, 2.45) is 0 Å². The summed E-state index contributed by atoms with van der Waals surface area (Å²) in [5.41, 5.74) is 3.51. The zero-order chi connectivity index (χ0) is 35.1. The lowest BCUT2D eigenvalue weighted by atomic mass is 10.1. The van der Waals surface area contributed by atoms with E-state index in [1.807, 2.05) is 71.3 Å². The zero-order valence-corrected chi connectivity index (χ0v) is 27.6. The van der Waals surface area contributed by atoms with Crippen molar-refractivity contribution in [2.45, 2.75) is 30.4 Å². The summed E-state index contributed by atoms with van der Waals surface area (Å²) in [6, 6.07) is 28.8. The molecule has 0 radical (unpaired) electrons. The molecule has 0 aliphatic carbocycles. The van der Waals surface area contributed by atoms with Crippen LogP contribution < -0.4 is 20.8 Å². The van der Waals surface area contributed by atoms with Gasteiger partial charge in [0.1, 0.15) is 11.6 Å². The number of aromatic nitrogens is 3. The molecule has 12 nitrogen and oxygen atoms in total. The summed E-state index contributed by atoms with van der Waals surface area (Å²) in [5, 5.41) is 15.8. The standard InChI is InChI=1S/C37H34N6O6S/c44-34-30-16-11-26(22-41-37-38-18-19-39-37)21-33(30)43(20-17-25-7-3-1-4-8-25)24-31(34)35(45)40-23-32(36(46)47)42-50(48,49)29-14-12-28(13-15-29)27-9-5-2-6-10-27/h1-16,18-19,21,24,32,42H,17,20,22-23H2,(H,40,45)(H,46,47)(H2,38,39,41). The largest absolute Gasteiger partial charge is 0.480 e. The number of anilines is 1. The van der Waals surface area contributed by atoms with Gasteiger partial charge in [0.25, 0.3) is 5.91 Å². The number of pyridine rings is 1. The number of aliphatic carboxylic acids is 1. The van der Waals surface area contributed by atoms with E-state index in [4.69, 9.17) is 0 Å². The van der Waals surface area contributed by atoms with Crippen molar-refractivity contribution in [3.8, 4) is 11.1 Å². The predicted molar refractivity (Wildman–Crippen MR) is 190 cm³/mol. The van der Waals surface area contributed by atoms with E-state index in [1.165, 1.54) is 18.3 Å². The van der Waals surface area contributed by atoms with Gasteiger partial charge in [-0.2, -0.15) is 4.72 Å². The first kappa shape index (κ1) is 33.8. The van der Waals surface area contributed by atoms with Gasteiger partial charge < -0.3 is 25.3 Å². The second-order valence-electron chi connectivity index (χ2n) is 11.6. The first-order chi connectivity index (χ1) is 24.2. The molecule has 254 valence electrons. The van der Waals surface area contributed by atoms with Crippen LogP contribution in [0.2, 0.25) is 0 Å². The number of carbonyl (C=O) groups is 2. The van der Waals surface area contributed by atoms with Crippen LogP contribution in [0.1, 0.15) is 21.5 Å². The van der Waals surface area contributed by atoms with E-state index in [-0.39, 0.29) is 10.5 Å². The Balaban J connectivity index is 1.21. The number of aromatic amines is 1. The lowest BCUT2D eigenvalue weighted by molar-refractivity contribution is -0.138. The molecule has 0 bridgehead atoms. The number of H-pyrrole nitrogens is 1. The first-order valence-corrected chi connectivity index (χ1v) is 17.3. The number of aryl methyl sites for hydroxylation is 2. The predicted octanol–water partition coefficient (Wildman–Crippen LogP) is 4.41. The third-order valence-electron chi connectivity index (χ3n) is 8.17. The van der Waals surface area contributed by atoms with Crippen molar-refractivity contribution in [2.75, 3.05) is 11.9 Å². The van der Waals surface area contributed by atoms with Crippen molar-refractivity contribution >= 4 is 38.8 Å². The highest BCUT2D eigenvalue weighted by Gasteiger charge is 2.27. The van der Waals surface area contributed by atoms with Crippen LogP contribution in [0, 0.1) is 0 Å². The normalized spacial score (nSPS) is 12.0. The molecule has 6 aromatic rings. The molecule has 1 amide bonds. The minimum Gasteiger partial charge on any atom is -0.480 e. The molecule has 0 fully saturated rings. The van der Waals surface area contributed by atoms with Crippen LogP contribution >= 0.6 is 0 Å². The number of imidazole rings is 1. The lowest BCUT2D eigenvalue weighted by Gasteiger charge is -2.17. The molecule has 13 heteroatoms. The Labute approximate surface area is 287 Å². The van der Waals surface area contributed by atoms with Gasteiger partial charge in [-0.3, -0.25) is 14.4 Å². The summed E-state index contributed by atoms with van der Waals surface area (Å²) < 4.78 is 30.3. The lowest BCUT2D eigenvalue weighted by Crippen LogP contribution is -2.48. The number of carbonyl (C=O) groups excluding carboxylic acids is 1. The van der Waals surface area contributed by atoms with Gasteiger partial charge in [0.05, 0.1) is 10.4 Å². The van der Waals surface area contributed by atoms with Crippen molar-refractivity contribution in [3.63, 3.8) is 0 Å². The van der Waals surface area contributed by atoms with E-state index in [0.29, 0.717) is 36.4 Å². The maximum Gasteiger partial charge on any atom is 0.323 e. The number of hydrogen-bond acceptors (Lipinski definition) is 7. The molecule has 4 aromatic carbocycles. The molecule has 1 atom stereocenters. The smallest absolute Gasteiger partial charge is 0.323 e. The van der Waals surface area contributed by atoms with E-state index in [9.17, 15) is 27.9 Å². The van der Waals surface area contributed by atoms with Gasteiger partial charge in [0.2, 0.25) is 15.5 Å². The van der Waals surface area contributed by atoms with Gasteiger partial charge in [-0.15, -0.1) is 0 Å². The molecule has 6 rings (SSSR count). The topological polar surface area (TPSA) is 175 Å². The Hall–Kier alpha value is -6.05. The van der Waals surface area contributed by atoms with Gasteiger partial charge in [-0.1, -0.05) is 78.9 Å². The fourth-order valence-corrected chi connectivity index (χ4v) is 6.71. The van der Waals surface area contributed by atoms with Crippen LogP contribution in [0.3, 0.4) is 0 Å². The van der Waals surface area contributed by atoms with E-state index in [0.717, 1.165) is 22.3 Å². The SMILES string of the molecule is O=C(NCC(NS(=O)(=O)c1ccc(-c2ccccc2)cc1)C(=O)O)c1cn(CCc2ccccc2)c2cc(CNc3ncc[nH]3)ccc2c1=O. The first-order valence-electron chi connectivity index (χ1n) is 15.8. The Morgan fingerprint density at radius 2 is 1.58 bits per heavy atom. The Morgan fingerprint density at radius 3 is 2.26 bits per heavy atom. The molecule has 1 unspecified atom stereocenters. The summed E-state index contributed by atoms with van der Waals surface area (Å²) in [5.74, 6) is -1.72. The summed E-state index contributed by atoms with van der Waals surface area (Å²) in [6.45, 7) is 0.271. The molecule has 5 N–H and O–H groups in total. The summed E-state index contributed by atoms with van der Waals surface area (Å²) in [7, 11) is -4.28. The molecule has 50 heavy (non-hydrogen) atoms. The molecular weight excluding hydrogens is 657 g/mol. The van der Waals surface area contributed by atoms with Crippen molar-refractivity contribution in [3.05, 3.63) is 149 Å². The summed E-state index contributed by atoms with van der Waals surface area (Å²) in [6.07, 6.45) is 5.41. The molecule has 2 aromatic heterocycles. The molecule has 0 saturated carbocycles. The number of hydrogen-bond donors (Lipinski definition) is 5. The molecule has 0 saturated heterocycles. The van der Waals surface area contributed by atoms with Crippen LogP contribution in [-0.2, 0) is 34.3 Å². The molecular formula is C37H34N6O6S. The summed E-state index contributed by atoms with van der Waals surface area (Å²) in [4.78, 5) is 46.2. The fourth-order valence-electron chi connectivity index (χ4n) is 5.52. The average Bonchev–Trinajstić information content (AvgIpc) is 3.67. The number of rotatable bonds is 14. The number of benzene rings is 4. The number of amides is 1. The van der Waals surface area contributed by atoms with Gasteiger partial charge in [0, 0.05) is 43.6 Å². The third-order valence-corrected chi connectivity index (χ3v) is 9.65. The second kappa shape index (κ2) is 15.0. The quantitative estimate of drug-likeness (QED) is 0.112. The van der Waals surface area contributed by atoms with Gasteiger partial charge >= 0.3 is 5.97 Å². The fraction of sp³-hybridized carbons (Fsp3) is 0.135. The van der Waals surface area contributed by atoms with Crippen molar-refractivity contribution in [1.29, 1.82) is 0 Å². The number of nitrogens with one attached hydrogen (secondary N) is 4. The van der Waals surface area contributed by atoms with Crippen LogP contribution in [0.4, 0.5) is 5.95 Å². The number of nitrogens with zero attached hydrogens (tertiary/aromatic N) is 2. The van der Waals surface area contributed by atoms with Gasteiger partial charge in [0.15, 0.2) is 5.95 Å². The van der Waals surface area contributed by atoms with E-state index in [1.54, 1.807) is 36.7 Å². The number of carboxylic acid groups (broad SMARTS) is 1. The van der Waals surface area contributed by atoms with E-state index >= 15 is 0 Å². The zero-order valence-electron chi connectivity index (χ0n) is 26.7. The maximum absolute atomic E-state index is 13.6. The second-order valence-corrected chi connectivity index (χ2v) is 13.3. The highest BCUT2D eigenvalue weighted by molar-refractivity contribution is 7.89. The van der Waals surface area contributed by atoms with E-state index in [2.05, 4.69) is 25.3 Å².